The number of thiazole rings is 1. The molecule has 1 aliphatic rings. The average Bonchev–Trinajstić information content (AvgIpc) is 3.55. The minimum atomic E-state index is -0.355. The Morgan fingerprint density at radius 1 is 1.14 bits per heavy atom. The Bertz CT molecular complexity index is 1540. The van der Waals surface area contributed by atoms with Crippen LogP contribution in [0.1, 0.15) is 19.8 Å². The first-order valence-corrected chi connectivity index (χ1v) is 12.8. The number of ether oxygens (including phenoxy) is 2. The van der Waals surface area contributed by atoms with Gasteiger partial charge in [-0.25, -0.2) is 19.3 Å². The van der Waals surface area contributed by atoms with Gasteiger partial charge < -0.3 is 14.8 Å². The van der Waals surface area contributed by atoms with E-state index in [4.69, 9.17) is 9.47 Å². The SMILES string of the molecule is C[C@H](Oc1cc(-c2cnn(C)c2)cc2ncnc(Nc3ccc4ncsc4c3F)c12)C1CCOCC1. The largest absolute Gasteiger partial charge is 0.490 e. The average molecular weight is 505 g/mol. The lowest BCUT2D eigenvalue weighted by Crippen LogP contribution is -2.29. The fourth-order valence-corrected chi connectivity index (χ4v) is 5.41. The minimum Gasteiger partial charge on any atom is -0.490 e. The van der Waals surface area contributed by atoms with Crippen LogP contribution >= 0.6 is 11.3 Å². The van der Waals surface area contributed by atoms with Gasteiger partial charge in [0.1, 0.15) is 17.9 Å². The lowest BCUT2D eigenvalue weighted by molar-refractivity contribution is 0.0244. The van der Waals surface area contributed by atoms with E-state index in [0.29, 0.717) is 44.3 Å². The molecule has 1 N–H and O–H groups in total. The Labute approximate surface area is 211 Å². The maximum Gasteiger partial charge on any atom is 0.166 e. The third kappa shape index (κ3) is 4.27. The van der Waals surface area contributed by atoms with Crippen LogP contribution in [0.5, 0.6) is 5.75 Å². The fraction of sp³-hybridized carbons (Fsp3) is 0.308. The van der Waals surface area contributed by atoms with Gasteiger partial charge in [0.2, 0.25) is 0 Å². The number of fused-ring (bicyclic) bond motifs is 2. The molecule has 0 unspecified atom stereocenters. The third-order valence-electron chi connectivity index (χ3n) is 6.67. The van der Waals surface area contributed by atoms with Gasteiger partial charge in [0.15, 0.2) is 5.82 Å². The molecular formula is C26H25FN6O2S. The zero-order valence-electron chi connectivity index (χ0n) is 19.9. The molecule has 1 atom stereocenters. The van der Waals surface area contributed by atoms with Crippen molar-refractivity contribution in [1.29, 1.82) is 0 Å². The van der Waals surface area contributed by atoms with Crippen molar-refractivity contribution in [1.82, 2.24) is 24.7 Å². The van der Waals surface area contributed by atoms with Crippen LogP contribution in [0.25, 0.3) is 32.2 Å². The van der Waals surface area contributed by atoms with Crippen molar-refractivity contribution in [3.63, 3.8) is 0 Å². The van der Waals surface area contributed by atoms with Crippen molar-refractivity contribution in [3.05, 3.63) is 54.3 Å². The van der Waals surface area contributed by atoms with Crippen molar-refractivity contribution in [2.45, 2.75) is 25.9 Å². The van der Waals surface area contributed by atoms with Crippen molar-refractivity contribution >= 4 is 44.0 Å². The van der Waals surface area contributed by atoms with Crippen molar-refractivity contribution in [2.24, 2.45) is 13.0 Å². The molecule has 1 aliphatic heterocycles. The van der Waals surface area contributed by atoms with Crippen LogP contribution in [0.15, 0.2) is 48.5 Å². The van der Waals surface area contributed by atoms with E-state index in [1.54, 1.807) is 22.3 Å². The van der Waals surface area contributed by atoms with Crippen LogP contribution in [-0.2, 0) is 11.8 Å². The summed E-state index contributed by atoms with van der Waals surface area (Å²) >= 11 is 1.27. The molecule has 0 amide bonds. The molecule has 36 heavy (non-hydrogen) atoms. The molecule has 184 valence electrons. The number of aryl methyl sites for hydroxylation is 1. The maximum absolute atomic E-state index is 15.2. The molecular weight excluding hydrogens is 479 g/mol. The summed E-state index contributed by atoms with van der Waals surface area (Å²) in [5.41, 5.74) is 5.19. The number of aromatic nitrogens is 5. The highest BCUT2D eigenvalue weighted by Crippen LogP contribution is 2.38. The van der Waals surface area contributed by atoms with Crippen molar-refractivity contribution in [2.75, 3.05) is 18.5 Å². The summed E-state index contributed by atoms with van der Waals surface area (Å²) in [7, 11) is 1.88. The molecule has 6 rings (SSSR count). The molecule has 0 radical (unpaired) electrons. The van der Waals surface area contributed by atoms with E-state index >= 15 is 4.39 Å². The third-order valence-corrected chi connectivity index (χ3v) is 7.51. The molecule has 5 aromatic rings. The molecule has 2 aromatic carbocycles. The molecule has 0 saturated carbocycles. The van der Waals surface area contributed by atoms with Crippen LogP contribution in [0, 0.1) is 11.7 Å². The quantitative estimate of drug-likeness (QED) is 0.317. The van der Waals surface area contributed by atoms with Gasteiger partial charge in [-0.1, -0.05) is 0 Å². The number of benzene rings is 2. The van der Waals surface area contributed by atoms with Gasteiger partial charge in [0.05, 0.1) is 44.6 Å². The zero-order valence-corrected chi connectivity index (χ0v) is 20.8. The first-order chi connectivity index (χ1) is 17.6. The monoisotopic (exact) mass is 504 g/mol. The molecule has 0 aliphatic carbocycles. The van der Waals surface area contributed by atoms with Gasteiger partial charge in [-0.05, 0) is 55.5 Å². The second-order valence-corrected chi connectivity index (χ2v) is 9.87. The van der Waals surface area contributed by atoms with Crippen LogP contribution in [0.4, 0.5) is 15.9 Å². The highest BCUT2D eigenvalue weighted by molar-refractivity contribution is 7.16. The second-order valence-electron chi connectivity index (χ2n) is 9.02. The predicted octanol–water partition coefficient (Wildman–Crippen LogP) is 5.72. The standard InChI is InChI=1S/C26H25FN6O2S/c1-15(16-5-7-34-8-6-16)35-22-10-17(18-11-31-33(2)12-18)9-21-23(22)26(29-13-28-21)32-19-3-4-20-25(24(19)27)36-14-30-20/h3-4,9-16H,5-8H2,1-2H3,(H,28,29,32)/t15-/m0/s1. The summed E-state index contributed by atoms with van der Waals surface area (Å²) in [5.74, 6) is 1.15. The molecule has 1 saturated heterocycles. The Morgan fingerprint density at radius 3 is 2.81 bits per heavy atom. The number of anilines is 2. The summed E-state index contributed by atoms with van der Waals surface area (Å²) in [4.78, 5) is 13.2. The highest BCUT2D eigenvalue weighted by atomic mass is 32.1. The summed E-state index contributed by atoms with van der Waals surface area (Å²) in [6.45, 7) is 3.57. The normalized spacial score (nSPS) is 15.4. The molecule has 8 nitrogen and oxygen atoms in total. The van der Waals surface area contributed by atoms with E-state index in [2.05, 4.69) is 32.3 Å². The van der Waals surface area contributed by atoms with E-state index < -0.39 is 0 Å². The van der Waals surface area contributed by atoms with Gasteiger partial charge in [0, 0.05) is 32.0 Å². The number of nitrogens with one attached hydrogen (secondary N) is 1. The summed E-state index contributed by atoms with van der Waals surface area (Å²) in [6, 6.07) is 7.45. The van der Waals surface area contributed by atoms with Crippen LogP contribution in [0.2, 0.25) is 0 Å². The van der Waals surface area contributed by atoms with Crippen LogP contribution < -0.4 is 10.1 Å². The number of nitrogens with zero attached hydrogens (tertiary/aromatic N) is 5. The van der Waals surface area contributed by atoms with Gasteiger partial charge >= 0.3 is 0 Å². The second kappa shape index (κ2) is 9.44. The molecule has 0 bridgehead atoms. The van der Waals surface area contributed by atoms with E-state index in [-0.39, 0.29) is 11.9 Å². The van der Waals surface area contributed by atoms with Crippen molar-refractivity contribution < 1.29 is 13.9 Å². The number of halogens is 1. The first kappa shape index (κ1) is 22.8. The van der Waals surface area contributed by atoms with Gasteiger partial charge in [-0.2, -0.15) is 5.10 Å². The smallest absolute Gasteiger partial charge is 0.166 e. The van der Waals surface area contributed by atoms with Gasteiger partial charge in [-0.3, -0.25) is 4.68 Å². The first-order valence-electron chi connectivity index (χ1n) is 11.9. The number of hydrogen-bond donors (Lipinski definition) is 1. The van der Waals surface area contributed by atoms with E-state index in [0.717, 1.165) is 37.2 Å². The highest BCUT2D eigenvalue weighted by Gasteiger charge is 2.24. The summed E-state index contributed by atoms with van der Waals surface area (Å²) in [5, 5.41) is 8.20. The van der Waals surface area contributed by atoms with Gasteiger partial charge in [-0.15, -0.1) is 11.3 Å². The Kier molecular flexibility index (Phi) is 5.98. The number of rotatable bonds is 6. The Morgan fingerprint density at radius 2 is 2.00 bits per heavy atom. The lowest BCUT2D eigenvalue weighted by Gasteiger charge is -2.29. The van der Waals surface area contributed by atoms with Crippen molar-refractivity contribution in [3.8, 4) is 16.9 Å². The Hall–Kier alpha value is -3.63. The topological polar surface area (TPSA) is 87.0 Å². The van der Waals surface area contributed by atoms with E-state index in [1.807, 2.05) is 31.6 Å². The Balaban J connectivity index is 1.45. The zero-order chi connectivity index (χ0) is 24.6. The molecule has 0 spiro atoms. The van der Waals surface area contributed by atoms with Gasteiger partial charge in [0.25, 0.3) is 0 Å². The summed E-state index contributed by atoms with van der Waals surface area (Å²) in [6.07, 6.45) is 7.10. The van der Waals surface area contributed by atoms with E-state index in [9.17, 15) is 0 Å². The fourth-order valence-electron chi connectivity index (χ4n) is 4.68. The van der Waals surface area contributed by atoms with Crippen LogP contribution in [0.3, 0.4) is 0 Å². The lowest BCUT2D eigenvalue weighted by atomic mass is 9.95. The predicted molar refractivity (Wildman–Crippen MR) is 138 cm³/mol. The molecule has 10 heteroatoms. The summed E-state index contributed by atoms with van der Waals surface area (Å²) < 4.78 is 29.6. The molecule has 1 fully saturated rings. The minimum absolute atomic E-state index is 0.0421. The molecule has 4 heterocycles. The maximum atomic E-state index is 15.2. The van der Waals surface area contributed by atoms with E-state index in [1.165, 1.54) is 17.7 Å². The number of hydrogen-bond acceptors (Lipinski definition) is 8. The molecule has 3 aromatic heterocycles. The van der Waals surface area contributed by atoms with Crippen LogP contribution in [-0.4, -0.2) is 44.1 Å².